The number of nitrogens with zero attached hydrogens (tertiary/aromatic N) is 2. The summed E-state index contributed by atoms with van der Waals surface area (Å²) in [6.45, 7) is 0. The van der Waals surface area contributed by atoms with Gasteiger partial charge in [-0.1, -0.05) is 0 Å². The molecule has 0 amide bonds. The lowest BCUT2D eigenvalue weighted by atomic mass is 10.5. The number of hydrogen-bond donors (Lipinski definition) is 2. The van der Waals surface area contributed by atoms with Crippen LogP contribution in [-0.2, 0) is 0 Å². The molecular weight excluding hydrogens is 140 g/mol. The molecule has 2 rings (SSSR count). The second kappa shape index (κ2) is 2.16. The van der Waals surface area contributed by atoms with Gasteiger partial charge in [-0.15, -0.1) is 0 Å². The van der Waals surface area contributed by atoms with Crippen molar-refractivity contribution >= 4 is 5.82 Å². The normalized spacial score (nSPS) is 10.2. The minimum absolute atomic E-state index is 0.534. The molecule has 2 aromatic rings. The molecule has 0 unspecified atom stereocenters. The third-order valence-corrected chi connectivity index (χ3v) is 1.46. The van der Waals surface area contributed by atoms with Crippen LogP contribution in [0.15, 0.2) is 30.7 Å². The maximum Gasteiger partial charge on any atom is 0.145 e. The molecule has 4 heteroatoms. The Kier molecular flexibility index (Phi) is 1.18. The maximum absolute atomic E-state index is 5.44. The van der Waals surface area contributed by atoms with E-state index in [9.17, 15) is 0 Å². The SMILES string of the molecule is Nc1ccn(-c2cc[nH]c2)n1. The van der Waals surface area contributed by atoms with Gasteiger partial charge in [0.25, 0.3) is 0 Å². The molecule has 2 heterocycles. The van der Waals surface area contributed by atoms with E-state index in [2.05, 4.69) is 10.1 Å². The first kappa shape index (κ1) is 6.03. The zero-order chi connectivity index (χ0) is 7.68. The van der Waals surface area contributed by atoms with Crippen molar-refractivity contribution in [3.05, 3.63) is 30.7 Å². The fraction of sp³-hybridized carbons (Fsp3) is 0. The van der Waals surface area contributed by atoms with Gasteiger partial charge in [0, 0.05) is 24.7 Å². The van der Waals surface area contributed by atoms with E-state index in [4.69, 9.17) is 5.73 Å². The van der Waals surface area contributed by atoms with E-state index in [1.165, 1.54) is 0 Å². The summed E-state index contributed by atoms with van der Waals surface area (Å²) in [4.78, 5) is 2.94. The van der Waals surface area contributed by atoms with E-state index in [1.54, 1.807) is 10.7 Å². The number of aromatic amines is 1. The Morgan fingerprint density at radius 1 is 1.45 bits per heavy atom. The van der Waals surface area contributed by atoms with Crippen molar-refractivity contribution in [3.8, 4) is 5.69 Å². The largest absolute Gasteiger partial charge is 0.382 e. The number of nitrogens with one attached hydrogen (secondary N) is 1. The molecule has 0 aliphatic heterocycles. The smallest absolute Gasteiger partial charge is 0.145 e. The van der Waals surface area contributed by atoms with Gasteiger partial charge in [-0.3, -0.25) is 0 Å². The van der Waals surface area contributed by atoms with E-state index in [0.717, 1.165) is 5.69 Å². The van der Waals surface area contributed by atoms with E-state index in [1.807, 2.05) is 24.7 Å². The first-order chi connectivity index (χ1) is 5.36. The van der Waals surface area contributed by atoms with Crippen LogP contribution in [0.3, 0.4) is 0 Å². The number of nitrogens with two attached hydrogens (primary N) is 1. The predicted octanol–water partition coefficient (Wildman–Crippen LogP) is 0.783. The van der Waals surface area contributed by atoms with Crippen LogP contribution in [0.25, 0.3) is 5.69 Å². The summed E-state index contributed by atoms with van der Waals surface area (Å²) in [6, 6.07) is 3.68. The Hall–Kier alpha value is -1.71. The molecule has 0 fully saturated rings. The molecule has 0 saturated carbocycles. The summed E-state index contributed by atoms with van der Waals surface area (Å²) in [6.07, 6.45) is 5.51. The van der Waals surface area contributed by atoms with Crippen LogP contribution in [0, 0.1) is 0 Å². The highest BCUT2D eigenvalue weighted by molar-refractivity contribution is 5.32. The van der Waals surface area contributed by atoms with Crippen molar-refractivity contribution in [2.45, 2.75) is 0 Å². The summed E-state index contributed by atoms with van der Waals surface area (Å²) in [7, 11) is 0. The molecule has 4 nitrogen and oxygen atoms in total. The molecule has 0 atom stereocenters. The third kappa shape index (κ3) is 0.980. The van der Waals surface area contributed by atoms with Gasteiger partial charge in [0.1, 0.15) is 5.82 Å². The van der Waals surface area contributed by atoms with Gasteiger partial charge in [0.15, 0.2) is 0 Å². The van der Waals surface area contributed by atoms with Crippen molar-refractivity contribution in [2.24, 2.45) is 0 Å². The molecule has 3 N–H and O–H groups in total. The molecule has 0 radical (unpaired) electrons. The van der Waals surface area contributed by atoms with Gasteiger partial charge < -0.3 is 10.7 Å². The number of rotatable bonds is 1. The van der Waals surface area contributed by atoms with Crippen molar-refractivity contribution in [3.63, 3.8) is 0 Å². The average Bonchev–Trinajstić information content (AvgIpc) is 2.55. The van der Waals surface area contributed by atoms with Crippen LogP contribution in [0.1, 0.15) is 0 Å². The maximum atomic E-state index is 5.44. The van der Waals surface area contributed by atoms with Gasteiger partial charge in [-0.2, -0.15) is 5.10 Å². The van der Waals surface area contributed by atoms with Crippen LogP contribution >= 0.6 is 0 Å². The van der Waals surface area contributed by atoms with Crippen molar-refractivity contribution in [2.75, 3.05) is 5.73 Å². The fourth-order valence-corrected chi connectivity index (χ4v) is 0.939. The molecular formula is C7H8N4. The summed E-state index contributed by atoms with van der Waals surface area (Å²) < 4.78 is 1.71. The molecule has 0 aromatic carbocycles. The van der Waals surface area contributed by atoms with Crippen LogP contribution < -0.4 is 5.73 Å². The predicted molar refractivity (Wildman–Crippen MR) is 42.3 cm³/mol. The highest BCUT2D eigenvalue weighted by Gasteiger charge is 1.96. The standard InChI is InChI=1S/C7H8N4/c8-7-2-4-11(10-7)6-1-3-9-5-6/h1-5,9H,(H2,8,10). The second-order valence-electron chi connectivity index (χ2n) is 2.25. The fourth-order valence-electron chi connectivity index (χ4n) is 0.939. The number of hydrogen-bond acceptors (Lipinski definition) is 2. The van der Waals surface area contributed by atoms with Gasteiger partial charge in [0.05, 0.1) is 5.69 Å². The summed E-state index contributed by atoms with van der Waals surface area (Å²) in [5.41, 5.74) is 6.43. The van der Waals surface area contributed by atoms with E-state index < -0.39 is 0 Å². The first-order valence-electron chi connectivity index (χ1n) is 3.30. The molecule has 0 bridgehead atoms. The van der Waals surface area contributed by atoms with Crippen molar-refractivity contribution in [1.29, 1.82) is 0 Å². The third-order valence-electron chi connectivity index (χ3n) is 1.46. The number of anilines is 1. The Balaban J connectivity index is 2.45. The molecule has 0 aliphatic carbocycles. The molecule has 0 saturated heterocycles. The van der Waals surface area contributed by atoms with Gasteiger partial charge in [0.2, 0.25) is 0 Å². The Bertz CT molecular complexity index is 333. The van der Waals surface area contributed by atoms with Gasteiger partial charge >= 0.3 is 0 Å². The zero-order valence-corrected chi connectivity index (χ0v) is 5.86. The lowest BCUT2D eigenvalue weighted by Gasteiger charge is -1.92. The zero-order valence-electron chi connectivity index (χ0n) is 5.86. The summed E-state index contributed by atoms with van der Waals surface area (Å²) >= 11 is 0. The Labute approximate surface area is 63.6 Å². The first-order valence-corrected chi connectivity index (χ1v) is 3.30. The highest BCUT2D eigenvalue weighted by Crippen LogP contribution is 2.05. The molecule has 0 spiro atoms. The second-order valence-corrected chi connectivity index (χ2v) is 2.25. The molecule has 2 aromatic heterocycles. The molecule has 11 heavy (non-hydrogen) atoms. The van der Waals surface area contributed by atoms with Crippen LogP contribution in [0.5, 0.6) is 0 Å². The lowest BCUT2D eigenvalue weighted by molar-refractivity contribution is 0.887. The number of aromatic nitrogens is 3. The van der Waals surface area contributed by atoms with Crippen LogP contribution in [0.2, 0.25) is 0 Å². The monoisotopic (exact) mass is 148 g/mol. The topological polar surface area (TPSA) is 59.6 Å². The molecule has 0 aliphatic rings. The number of H-pyrrole nitrogens is 1. The van der Waals surface area contributed by atoms with E-state index in [-0.39, 0.29) is 0 Å². The minimum Gasteiger partial charge on any atom is -0.382 e. The van der Waals surface area contributed by atoms with Crippen molar-refractivity contribution in [1.82, 2.24) is 14.8 Å². The van der Waals surface area contributed by atoms with Gasteiger partial charge in [-0.05, 0) is 6.07 Å². The minimum atomic E-state index is 0.534. The quantitative estimate of drug-likeness (QED) is 0.627. The van der Waals surface area contributed by atoms with Crippen LogP contribution in [0.4, 0.5) is 5.82 Å². The Morgan fingerprint density at radius 2 is 2.36 bits per heavy atom. The highest BCUT2D eigenvalue weighted by atomic mass is 15.3. The number of nitrogen functional groups attached to an aromatic ring is 1. The van der Waals surface area contributed by atoms with E-state index >= 15 is 0 Å². The molecule has 56 valence electrons. The lowest BCUT2D eigenvalue weighted by Crippen LogP contribution is -1.93. The summed E-state index contributed by atoms with van der Waals surface area (Å²) in [5, 5.41) is 4.03. The Morgan fingerprint density at radius 3 is 2.91 bits per heavy atom. The van der Waals surface area contributed by atoms with Crippen molar-refractivity contribution < 1.29 is 0 Å². The summed E-state index contributed by atoms with van der Waals surface area (Å²) in [5.74, 6) is 0.534. The van der Waals surface area contributed by atoms with Crippen LogP contribution in [-0.4, -0.2) is 14.8 Å². The van der Waals surface area contributed by atoms with Gasteiger partial charge in [-0.25, -0.2) is 4.68 Å². The van der Waals surface area contributed by atoms with E-state index in [0.29, 0.717) is 5.82 Å². The average molecular weight is 148 g/mol.